The summed E-state index contributed by atoms with van der Waals surface area (Å²) in [5.74, 6) is 0.732. The zero-order valence-electron chi connectivity index (χ0n) is 15.4. The Hall–Kier alpha value is -3.25. The van der Waals surface area contributed by atoms with Gasteiger partial charge in [-0.05, 0) is 49.2 Å². The van der Waals surface area contributed by atoms with Crippen molar-refractivity contribution < 1.29 is 5.11 Å². The molecule has 0 aliphatic heterocycles. The molecular weight excluding hydrogens is 338 g/mol. The summed E-state index contributed by atoms with van der Waals surface area (Å²) in [6, 6.07) is 16.2. The van der Waals surface area contributed by atoms with Crippen LogP contribution < -0.4 is 4.90 Å². The van der Waals surface area contributed by atoms with Gasteiger partial charge in [-0.2, -0.15) is 5.10 Å². The minimum Gasteiger partial charge on any atom is -0.395 e. The van der Waals surface area contributed by atoms with Crippen molar-refractivity contribution in [2.75, 3.05) is 18.1 Å². The van der Waals surface area contributed by atoms with Gasteiger partial charge in [-0.15, -0.1) is 0 Å². The highest BCUT2D eigenvalue weighted by atomic mass is 16.3. The number of benzene rings is 2. The zero-order valence-corrected chi connectivity index (χ0v) is 15.4. The minimum atomic E-state index is 0.0194. The quantitative estimate of drug-likeness (QED) is 0.590. The third-order valence-electron chi connectivity index (χ3n) is 4.44. The van der Waals surface area contributed by atoms with E-state index < -0.39 is 0 Å². The minimum absolute atomic E-state index is 0.0194. The van der Waals surface area contributed by atoms with E-state index in [9.17, 15) is 5.11 Å². The van der Waals surface area contributed by atoms with Crippen LogP contribution in [0, 0.1) is 13.8 Å². The van der Waals surface area contributed by atoms with Gasteiger partial charge < -0.3 is 10.0 Å². The summed E-state index contributed by atoms with van der Waals surface area (Å²) in [7, 11) is 0. The highest BCUT2D eigenvalue weighted by molar-refractivity contribution is 5.90. The molecule has 0 spiro atoms. The second kappa shape index (κ2) is 7.17. The van der Waals surface area contributed by atoms with E-state index in [2.05, 4.69) is 47.1 Å². The van der Waals surface area contributed by atoms with E-state index in [0.717, 1.165) is 28.2 Å². The lowest BCUT2D eigenvalue weighted by atomic mass is 10.1. The van der Waals surface area contributed by atoms with Gasteiger partial charge in [-0.3, -0.25) is 0 Å². The molecule has 0 amide bonds. The molecule has 136 valence electrons. The van der Waals surface area contributed by atoms with Crippen molar-refractivity contribution in [1.82, 2.24) is 19.7 Å². The number of hydrogen-bond acceptors (Lipinski definition) is 5. The number of aliphatic hydroxyl groups is 1. The lowest BCUT2D eigenvalue weighted by molar-refractivity contribution is 0.305. The standard InChI is InChI=1S/C21H21N5O/c1-15-10-16(2)12-18(11-15)26-21-19(13-24-26)20(22-14-23-21)25(8-9-27)17-6-4-3-5-7-17/h3-7,10-14,27H,8-9H2,1-2H3. The largest absolute Gasteiger partial charge is 0.395 e. The van der Waals surface area contributed by atoms with Gasteiger partial charge in [0.25, 0.3) is 0 Å². The van der Waals surface area contributed by atoms with Gasteiger partial charge in [-0.1, -0.05) is 24.3 Å². The van der Waals surface area contributed by atoms with Crippen LogP contribution in [0.4, 0.5) is 11.5 Å². The number of para-hydroxylation sites is 1. The summed E-state index contributed by atoms with van der Waals surface area (Å²) < 4.78 is 1.84. The number of anilines is 2. The average molecular weight is 359 g/mol. The van der Waals surface area contributed by atoms with Gasteiger partial charge >= 0.3 is 0 Å². The van der Waals surface area contributed by atoms with Crippen LogP contribution in [-0.2, 0) is 0 Å². The summed E-state index contributed by atoms with van der Waals surface area (Å²) in [5.41, 5.74) is 5.03. The molecule has 0 fully saturated rings. The molecule has 0 radical (unpaired) electrons. The van der Waals surface area contributed by atoms with Gasteiger partial charge in [0.15, 0.2) is 5.65 Å². The Morgan fingerprint density at radius 2 is 1.74 bits per heavy atom. The molecule has 2 aromatic carbocycles. The highest BCUT2D eigenvalue weighted by Crippen LogP contribution is 2.30. The summed E-state index contributed by atoms with van der Waals surface area (Å²) in [5, 5.41) is 15.0. The molecule has 0 atom stereocenters. The average Bonchev–Trinajstić information content (AvgIpc) is 3.10. The first-order valence-electron chi connectivity index (χ1n) is 8.88. The molecule has 6 nitrogen and oxygen atoms in total. The molecule has 2 heterocycles. The summed E-state index contributed by atoms with van der Waals surface area (Å²) in [6.07, 6.45) is 3.33. The predicted octanol–water partition coefficient (Wildman–Crippen LogP) is 3.56. The van der Waals surface area contributed by atoms with Crippen LogP contribution in [0.5, 0.6) is 0 Å². The molecule has 0 bridgehead atoms. The van der Waals surface area contributed by atoms with Crippen molar-refractivity contribution in [3.05, 3.63) is 72.2 Å². The van der Waals surface area contributed by atoms with Crippen LogP contribution in [0.15, 0.2) is 61.1 Å². The molecule has 1 N–H and O–H groups in total. The van der Waals surface area contributed by atoms with E-state index in [-0.39, 0.29) is 6.61 Å². The first-order valence-corrected chi connectivity index (χ1v) is 8.88. The van der Waals surface area contributed by atoms with Crippen molar-refractivity contribution in [3.8, 4) is 5.69 Å². The Kier molecular flexibility index (Phi) is 4.56. The van der Waals surface area contributed by atoms with Crippen molar-refractivity contribution in [1.29, 1.82) is 0 Å². The number of hydrogen-bond donors (Lipinski definition) is 1. The molecule has 4 rings (SSSR count). The summed E-state index contributed by atoms with van der Waals surface area (Å²) in [4.78, 5) is 11.0. The van der Waals surface area contributed by atoms with Crippen LogP contribution in [0.25, 0.3) is 16.7 Å². The Bertz CT molecular complexity index is 1050. The van der Waals surface area contributed by atoms with E-state index >= 15 is 0 Å². The number of nitrogens with zero attached hydrogens (tertiary/aromatic N) is 5. The van der Waals surface area contributed by atoms with Crippen LogP contribution in [0.1, 0.15) is 11.1 Å². The van der Waals surface area contributed by atoms with Crippen LogP contribution >= 0.6 is 0 Å². The molecule has 27 heavy (non-hydrogen) atoms. The Morgan fingerprint density at radius 1 is 1.00 bits per heavy atom. The van der Waals surface area contributed by atoms with Crippen molar-refractivity contribution >= 4 is 22.5 Å². The lowest BCUT2D eigenvalue weighted by Gasteiger charge is -2.23. The number of aryl methyl sites for hydroxylation is 2. The van der Waals surface area contributed by atoms with E-state index in [1.807, 2.05) is 39.9 Å². The highest BCUT2D eigenvalue weighted by Gasteiger charge is 2.17. The first-order chi connectivity index (χ1) is 13.2. The monoisotopic (exact) mass is 359 g/mol. The molecule has 0 saturated carbocycles. The van der Waals surface area contributed by atoms with E-state index in [1.165, 1.54) is 11.1 Å². The van der Waals surface area contributed by atoms with Crippen molar-refractivity contribution in [2.45, 2.75) is 13.8 Å². The SMILES string of the molecule is Cc1cc(C)cc(-n2ncc3c(N(CCO)c4ccccc4)ncnc32)c1. The molecular formula is C21H21N5O. The lowest BCUT2D eigenvalue weighted by Crippen LogP contribution is -2.22. The summed E-state index contributed by atoms with van der Waals surface area (Å²) in [6.45, 7) is 4.60. The fraction of sp³-hybridized carbons (Fsp3) is 0.190. The van der Waals surface area contributed by atoms with Crippen LogP contribution in [0.2, 0.25) is 0 Å². The number of rotatable bonds is 5. The topological polar surface area (TPSA) is 67.1 Å². The molecule has 4 aromatic rings. The molecule has 2 aromatic heterocycles. The maximum absolute atomic E-state index is 9.57. The second-order valence-electron chi connectivity index (χ2n) is 6.55. The number of aliphatic hydroxyl groups excluding tert-OH is 1. The molecule has 0 unspecified atom stereocenters. The van der Waals surface area contributed by atoms with Gasteiger partial charge in [0.05, 0.1) is 23.9 Å². The number of aromatic nitrogens is 4. The van der Waals surface area contributed by atoms with E-state index in [1.54, 1.807) is 12.5 Å². The third-order valence-corrected chi connectivity index (χ3v) is 4.44. The van der Waals surface area contributed by atoms with Gasteiger partial charge in [0, 0.05) is 12.2 Å². The van der Waals surface area contributed by atoms with E-state index in [0.29, 0.717) is 6.54 Å². The fourth-order valence-electron chi connectivity index (χ4n) is 3.37. The van der Waals surface area contributed by atoms with Crippen molar-refractivity contribution in [3.63, 3.8) is 0 Å². The maximum atomic E-state index is 9.57. The Morgan fingerprint density at radius 3 is 2.44 bits per heavy atom. The first kappa shape index (κ1) is 17.2. The third kappa shape index (κ3) is 3.27. The molecule has 6 heteroatoms. The van der Waals surface area contributed by atoms with Crippen LogP contribution in [-0.4, -0.2) is 38.0 Å². The van der Waals surface area contributed by atoms with Gasteiger partial charge in [0.2, 0.25) is 0 Å². The van der Waals surface area contributed by atoms with Crippen LogP contribution in [0.3, 0.4) is 0 Å². The summed E-state index contributed by atoms with van der Waals surface area (Å²) >= 11 is 0. The van der Waals surface area contributed by atoms with Crippen molar-refractivity contribution in [2.24, 2.45) is 0 Å². The van der Waals surface area contributed by atoms with Gasteiger partial charge in [0.1, 0.15) is 12.1 Å². The molecule has 0 aliphatic rings. The second-order valence-corrected chi connectivity index (χ2v) is 6.55. The normalized spacial score (nSPS) is 11.1. The number of fused-ring (bicyclic) bond motifs is 1. The zero-order chi connectivity index (χ0) is 18.8. The van der Waals surface area contributed by atoms with E-state index in [4.69, 9.17) is 0 Å². The smallest absolute Gasteiger partial charge is 0.168 e. The molecule has 0 aliphatic carbocycles. The maximum Gasteiger partial charge on any atom is 0.168 e. The fourth-order valence-corrected chi connectivity index (χ4v) is 3.37. The van der Waals surface area contributed by atoms with Gasteiger partial charge in [-0.25, -0.2) is 14.6 Å². The Balaban J connectivity index is 1.87. The predicted molar refractivity (Wildman–Crippen MR) is 107 cm³/mol. The Labute approximate surface area is 157 Å². The molecule has 0 saturated heterocycles.